The first kappa shape index (κ1) is 16.4. The minimum atomic E-state index is -3.28. The SMILES string of the molecule is CCCNCCCS(=O)(=O)Nc1nc(C(C)C)cs1. The Hall–Kier alpha value is -0.660. The van der Waals surface area contributed by atoms with Crippen molar-refractivity contribution in [3.63, 3.8) is 0 Å². The highest BCUT2D eigenvalue weighted by atomic mass is 32.2. The van der Waals surface area contributed by atoms with E-state index >= 15 is 0 Å². The number of hydrogen-bond donors (Lipinski definition) is 2. The first-order valence-corrected chi connectivity index (χ1v) is 9.14. The number of rotatable bonds is 9. The fourth-order valence-corrected chi connectivity index (χ4v) is 3.70. The first-order chi connectivity index (χ1) is 8.94. The van der Waals surface area contributed by atoms with Crippen LogP contribution < -0.4 is 10.0 Å². The summed E-state index contributed by atoms with van der Waals surface area (Å²) >= 11 is 1.34. The Morgan fingerprint density at radius 2 is 2.11 bits per heavy atom. The fourth-order valence-electron chi connectivity index (χ4n) is 1.47. The highest BCUT2D eigenvalue weighted by Crippen LogP contribution is 2.22. The normalized spacial score (nSPS) is 12.0. The molecule has 0 aliphatic carbocycles. The second-order valence-electron chi connectivity index (χ2n) is 4.76. The molecule has 0 atom stereocenters. The van der Waals surface area contributed by atoms with Gasteiger partial charge >= 0.3 is 0 Å². The minimum Gasteiger partial charge on any atom is -0.317 e. The second kappa shape index (κ2) is 7.81. The van der Waals surface area contributed by atoms with Gasteiger partial charge in [-0.2, -0.15) is 0 Å². The summed E-state index contributed by atoms with van der Waals surface area (Å²) in [6.45, 7) is 7.81. The third kappa shape index (κ3) is 6.35. The van der Waals surface area contributed by atoms with E-state index in [2.05, 4.69) is 21.9 Å². The van der Waals surface area contributed by atoms with Crippen LogP contribution in [0.25, 0.3) is 0 Å². The third-order valence-corrected chi connectivity index (χ3v) is 4.79. The zero-order chi connectivity index (χ0) is 14.3. The van der Waals surface area contributed by atoms with E-state index in [0.29, 0.717) is 17.5 Å². The van der Waals surface area contributed by atoms with E-state index in [9.17, 15) is 8.42 Å². The summed E-state index contributed by atoms with van der Waals surface area (Å²) in [5.41, 5.74) is 0.923. The molecule has 0 aromatic carbocycles. The standard InChI is InChI=1S/C12H23N3O2S2/c1-4-6-13-7-5-8-19(16,17)15-12-14-11(9-18-12)10(2)3/h9-10,13H,4-8H2,1-3H3,(H,14,15). The molecular weight excluding hydrogens is 282 g/mol. The molecule has 1 rings (SSSR count). The van der Waals surface area contributed by atoms with Gasteiger partial charge in [-0.1, -0.05) is 20.8 Å². The van der Waals surface area contributed by atoms with E-state index in [-0.39, 0.29) is 5.75 Å². The van der Waals surface area contributed by atoms with Crippen molar-refractivity contribution >= 4 is 26.5 Å². The Balaban J connectivity index is 2.40. The van der Waals surface area contributed by atoms with Crippen molar-refractivity contribution in [2.24, 2.45) is 0 Å². The Kier molecular flexibility index (Phi) is 6.74. The number of thiazole rings is 1. The Morgan fingerprint density at radius 1 is 1.37 bits per heavy atom. The van der Waals surface area contributed by atoms with Gasteiger partial charge in [0.2, 0.25) is 10.0 Å². The van der Waals surface area contributed by atoms with Gasteiger partial charge < -0.3 is 5.32 Å². The van der Waals surface area contributed by atoms with Crippen LogP contribution in [0.1, 0.15) is 45.2 Å². The van der Waals surface area contributed by atoms with Gasteiger partial charge in [0.15, 0.2) is 5.13 Å². The van der Waals surface area contributed by atoms with E-state index in [1.54, 1.807) is 0 Å². The Labute approximate surface area is 119 Å². The van der Waals surface area contributed by atoms with Crippen molar-refractivity contribution < 1.29 is 8.42 Å². The lowest BCUT2D eigenvalue weighted by Gasteiger charge is -2.06. The molecule has 1 aromatic rings. The van der Waals surface area contributed by atoms with Crippen molar-refractivity contribution in [1.82, 2.24) is 10.3 Å². The highest BCUT2D eigenvalue weighted by Gasteiger charge is 2.13. The van der Waals surface area contributed by atoms with Crippen LogP contribution >= 0.6 is 11.3 Å². The summed E-state index contributed by atoms with van der Waals surface area (Å²) in [7, 11) is -3.28. The summed E-state index contributed by atoms with van der Waals surface area (Å²) in [6, 6.07) is 0. The van der Waals surface area contributed by atoms with Gasteiger partial charge in [0, 0.05) is 5.38 Å². The molecule has 7 heteroatoms. The molecular formula is C12H23N3O2S2. The molecule has 1 heterocycles. The molecule has 0 saturated heterocycles. The van der Waals surface area contributed by atoms with Crippen LogP contribution in [0.4, 0.5) is 5.13 Å². The molecule has 0 amide bonds. The summed E-state index contributed by atoms with van der Waals surface area (Å²) in [5.74, 6) is 0.438. The zero-order valence-corrected chi connectivity index (χ0v) is 13.4. The van der Waals surface area contributed by atoms with Crippen molar-refractivity contribution in [1.29, 1.82) is 0 Å². The third-order valence-electron chi connectivity index (χ3n) is 2.55. The lowest BCUT2D eigenvalue weighted by atomic mass is 10.2. The van der Waals surface area contributed by atoms with Crippen molar-refractivity contribution in [2.75, 3.05) is 23.6 Å². The number of aromatic nitrogens is 1. The van der Waals surface area contributed by atoms with Gasteiger partial charge in [-0.25, -0.2) is 13.4 Å². The topological polar surface area (TPSA) is 71.1 Å². The number of sulfonamides is 1. The molecule has 0 aliphatic rings. The van der Waals surface area contributed by atoms with E-state index in [4.69, 9.17) is 0 Å². The lowest BCUT2D eigenvalue weighted by Crippen LogP contribution is -2.22. The average molecular weight is 305 g/mol. The molecule has 0 aliphatic heterocycles. The average Bonchev–Trinajstić information content (AvgIpc) is 2.76. The maximum absolute atomic E-state index is 11.8. The maximum atomic E-state index is 11.8. The van der Waals surface area contributed by atoms with Gasteiger partial charge in [-0.3, -0.25) is 4.72 Å². The van der Waals surface area contributed by atoms with Crippen LogP contribution in [0.3, 0.4) is 0 Å². The number of anilines is 1. The molecule has 2 N–H and O–H groups in total. The molecule has 5 nitrogen and oxygen atoms in total. The van der Waals surface area contributed by atoms with Crippen LogP contribution in [0.5, 0.6) is 0 Å². The molecule has 0 unspecified atom stereocenters. The predicted octanol–water partition coefficient (Wildman–Crippen LogP) is 2.40. The van der Waals surface area contributed by atoms with Gasteiger partial charge in [-0.05, 0) is 31.8 Å². The Bertz CT molecular complexity index is 469. The lowest BCUT2D eigenvalue weighted by molar-refractivity contribution is 0.593. The molecule has 0 spiro atoms. The quantitative estimate of drug-likeness (QED) is 0.687. The van der Waals surface area contributed by atoms with Gasteiger partial charge in [-0.15, -0.1) is 11.3 Å². The summed E-state index contributed by atoms with van der Waals surface area (Å²) in [6.07, 6.45) is 1.67. The number of nitrogens with zero attached hydrogens (tertiary/aromatic N) is 1. The zero-order valence-electron chi connectivity index (χ0n) is 11.8. The Morgan fingerprint density at radius 3 is 2.68 bits per heavy atom. The maximum Gasteiger partial charge on any atom is 0.234 e. The first-order valence-electron chi connectivity index (χ1n) is 6.61. The van der Waals surface area contributed by atoms with E-state index < -0.39 is 10.0 Å². The monoisotopic (exact) mass is 305 g/mol. The van der Waals surface area contributed by atoms with E-state index in [1.807, 2.05) is 19.2 Å². The van der Waals surface area contributed by atoms with Crippen molar-refractivity contribution in [2.45, 2.75) is 39.5 Å². The summed E-state index contributed by atoms with van der Waals surface area (Å²) in [5, 5.41) is 5.54. The van der Waals surface area contributed by atoms with Crippen LogP contribution in [-0.2, 0) is 10.0 Å². The molecule has 0 saturated carbocycles. The molecule has 0 fully saturated rings. The highest BCUT2D eigenvalue weighted by molar-refractivity contribution is 7.92. The van der Waals surface area contributed by atoms with Gasteiger partial charge in [0.05, 0.1) is 11.4 Å². The van der Waals surface area contributed by atoms with Crippen LogP contribution in [0.2, 0.25) is 0 Å². The molecule has 0 radical (unpaired) electrons. The fraction of sp³-hybridized carbons (Fsp3) is 0.750. The summed E-state index contributed by atoms with van der Waals surface area (Å²) < 4.78 is 26.2. The van der Waals surface area contributed by atoms with E-state index in [0.717, 1.165) is 25.2 Å². The van der Waals surface area contributed by atoms with Crippen LogP contribution in [0, 0.1) is 0 Å². The number of hydrogen-bond acceptors (Lipinski definition) is 5. The predicted molar refractivity (Wildman–Crippen MR) is 81.4 cm³/mol. The largest absolute Gasteiger partial charge is 0.317 e. The smallest absolute Gasteiger partial charge is 0.234 e. The minimum absolute atomic E-state index is 0.125. The molecule has 19 heavy (non-hydrogen) atoms. The van der Waals surface area contributed by atoms with Gasteiger partial charge in [0.25, 0.3) is 0 Å². The van der Waals surface area contributed by atoms with Crippen LogP contribution in [-0.4, -0.2) is 32.2 Å². The molecule has 0 bridgehead atoms. The van der Waals surface area contributed by atoms with E-state index in [1.165, 1.54) is 11.3 Å². The van der Waals surface area contributed by atoms with Crippen molar-refractivity contribution in [3.05, 3.63) is 11.1 Å². The second-order valence-corrected chi connectivity index (χ2v) is 7.46. The van der Waals surface area contributed by atoms with Crippen molar-refractivity contribution in [3.8, 4) is 0 Å². The number of nitrogens with one attached hydrogen (secondary N) is 2. The molecule has 1 aromatic heterocycles. The molecule has 110 valence electrons. The van der Waals surface area contributed by atoms with Gasteiger partial charge in [0.1, 0.15) is 0 Å². The summed E-state index contributed by atoms with van der Waals surface area (Å²) in [4.78, 5) is 4.27. The van der Waals surface area contributed by atoms with Crippen LogP contribution in [0.15, 0.2) is 5.38 Å².